The Bertz CT molecular complexity index is 648. The molecule has 4 rings (SSSR count). The van der Waals surface area contributed by atoms with Crippen LogP contribution in [0.4, 0.5) is 0 Å². The molecule has 4 aliphatic carbocycles. The summed E-state index contributed by atoms with van der Waals surface area (Å²) in [5.41, 5.74) is -0.548. The lowest BCUT2D eigenvalue weighted by Gasteiger charge is -2.52. The molecule has 2 bridgehead atoms. The third kappa shape index (κ3) is 1.37. The molecule has 0 amide bonds. The number of hydrogen-bond acceptors (Lipinski definition) is 4. The zero-order chi connectivity index (χ0) is 16.8. The van der Waals surface area contributed by atoms with Crippen LogP contribution < -0.4 is 0 Å². The van der Waals surface area contributed by atoms with Gasteiger partial charge in [0.05, 0.1) is 22.3 Å². The third-order valence-corrected chi connectivity index (χ3v) is 6.00. The van der Waals surface area contributed by atoms with Crippen LogP contribution >= 0.6 is 0 Å². The van der Waals surface area contributed by atoms with Crippen LogP contribution in [0.15, 0.2) is 22.3 Å². The third-order valence-electron chi connectivity index (χ3n) is 6.00. The van der Waals surface area contributed by atoms with Crippen molar-refractivity contribution in [3.05, 3.63) is 22.3 Å². The van der Waals surface area contributed by atoms with Crippen LogP contribution in [0.3, 0.4) is 0 Å². The van der Waals surface area contributed by atoms with Gasteiger partial charge in [0.15, 0.2) is 0 Å². The zero-order valence-electron chi connectivity index (χ0n) is 11.6. The Morgan fingerprint density at radius 1 is 0.565 bits per heavy atom. The molecule has 0 radical (unpaired) electrons. The monoisotopic (exact) mass is 320 g/mol. The molecule has 0 heterocycles. The second-order valence-corrected chi connectivity index (χ2v) is 6.54. The number of rotatable bonds is 4. The van der Waals surface area contributed by atoms with Crippen molar-refractivity contribution in [1.29, 1.82) is 0 Å². The number of hydrogen-bond donors (Lipinski definition) is 4. The maximum absolute atomic E-state index is 11.4. The first-order chi connectivity index (χ1) is 10.8. The molecule has 0 aromatic carbocycles. The van der Waals surface area contributed by atoms with Crippen molar-refractivity contribution in [2.45, 2.75) is 6.42 Å². The lowest BCUT2D eigenvalue weighted by atomic mass is 9.49. The average Bonchev–Trinajstić information content (AvgIpc) is 2.73. The molecule has 8 heteroatoms. The van der Waals surface area contributed by atoms with E-state index in [1.54, 1.807) is 0 Å². The van der Waals surface area contributed by atoms with E-state index in [9.17, 15) is 39.6 Å². The van der Waals surface area contributed by atoms with Gasteiger partial charge in [-0.25, -0.2) is 19.2 Å². The molecule has 0 aliphatic heterocycles. The number of aliphatic carboxylic acids is 4. The molecular formula is C15H12O8. The average molecular weight is 320 g/mol. The Morgan fingerprint density at radius 3 is 0.957 bits per heavy atom. The summed E-state index contributed by atoms with van der Waals surface area (Å²) in [5.74, 6) is -7.64. The van der Waals surface area contributed by atoms with Crippen LogP contribution in [0.2, 0.25) is 0 Å². The molecule has 4 unspecified atom stereocenters. The van der Waals surface area contributed by atoms with E-state index in [0.29, 0.717) is 6.42 Å². The fourth-order valence-electron chi connectivity index (χ4n) is 5.54. The van der Waals surface area contributed by atoms with E-state index in [2.05, 4.69) is 0 Å². The van der Waals surface area contributed by atoms with Crippen LogP contribution in [0.25, 0.3) is 0 Å². The van der Waals surface area contributed by atoms with Crippen LogP contribution in [0.1, 0.15) is 6.42 Å². The summed E-state index contributed by atoms with van der Waals surface area (Å²) in [7, 11) is 0. The summed E-state index contributed by atoms with van der Waals surface area (Å²) in [6, 6.07) is 0. The van der Waals surface area contributed by atoms with Gasteiger partial charge in [-0.2, -0.15) is 0 Å². The summed E-state index contributed by atoms with van der Waals surface area (Å²) in [6.45, 7) is 0. The van der Waals surface area contributed by atoms with Gasteiger partial charge in [-0.15, -0.1) is 0 Å². The normalized spacial score (nSPS) is 39.3. The number of carboxylic acids is 4. The Hall–Kier alpha value is -2.64. The van der Waals surface area contributed by atoms with E-state index < -0.39 is 47.5 Å². The maximum Gasteiger partial charge on any atom is 0.332 e. The maximum atomic E-state index is 11.4. The first-order valence-electron chi connectivity index (χ1n) is 7.18. The summed E-state index contributed by atoms with van der Waals surface area (Å²) < 4.78 is 0. The summed E-state index contributed by atoms with van der Waals surface area (Å²) >= 11 is 0. The lowest BCUT2D eigenvalue weighted by molar-refractivity contribution is -0.142. The van der Waals surface area contributed by atoms with Gasteiger partial charge in [-0.05, 0) is 18.3 Å². The van der Waals surface area contributed by atoms with Gasteiger partial charge >= 0.3 is 23.9 Å². The Balaban J connectivity index is 1.79. The summed E-state index contributed by atoms with van der Waals surface area (Å²) in [5, 5.41) is 37.1. The second kappa shape index (κ2) is 4.01. The highest BCUT2D eigenvalue weighted by Gasteiger charge is 2.72. The second-order valence-electron chi connectivity index (χ2n) is 6.54. The molecule has 4 atom stereocenters. The number of carboxylic acid groups (broad SMARTS) is 4. The van der Waals surface area contributed by atoms with E-state index in [1.807, 2.05) is 0 Å². The molecule has 0 aromatic rings. The van der Waals surface area contributed by atoms with Gasteiger partial charge in [-0.1, -0.05) is 0 Å². The fourth-order valence-corrected chi connectivity index (χ4v) is 5.54. The minimum Gasteiger partial charge on any atom is -0.478 e. The molecule has 0 aromatic heterocycles. The van der Waals surface area contributed by atoms with E-state index in [1.165, 1.54) is 0 Å². The van der Waals surface area contributed by atoms with Gasteiger partial charge in [0, 0.05) is 23.7 Å². The summed E-state index contributed by atoms with van der Waals surface area (Å²) in [6.07, 6.45) is 0.478. The first-order valence-corrected chi connectivity index (χ1v) is 7.18. The smallest absolute Gasteiger partial charge is 0.332 e. The van der Waals surface area contributed by atoms with Gasteiger partial charge in [0.2, 0.25) is 0 Å². The van der Waals surface area contributed by atoms with Crippen LogP contribution in [0, 0.1) is 35.5 Å². The quantitative estimate of drug-likeness (QED) is 0.568. The van der Waals surface area contributed by atoms with Crippen LogP contribution in [-0.4, -0.2) is 44.3 Å². The molecule has 4 N–H and O–H groups in total. The Labute approximate surface area is 128 Å². The van der Waals surface area contributed by atoms with Crippen molar-refractivity contribution in [2.24, 2.45) is 35.5 Å². The molecule has 4 aliphatic rings. The fraction of sp³-hybridized carbons (Fsp3) is 0.467. The largest absolute Gasteiger partial charge is 0.478 e. The van der Waals surface area contributed by atoms with Crippen LogP contribution in [0.5, 0.6) is 0 Å². The molecule has 8 nitrogen and oxygen atoms in total. The minimum atomic E-state index is -1.29. The predicted molar refractivity (Wildman–Crippen MR) is 70.2 cm³/mol. The molecule has 23 heavy (non-hydrogen) atoms. The first kappa shape index (κ1) is 14.0. The highest BCUT2D eigenvalue weighted by atomic mass is 16.4. The standard InChI is InChI=1S/C15H12O8/c16-12(17)8-4-2-1-3(6(4)10(8)14(20)21)7-5(2)9(13(18)19)11(7)15(22)23/h2-7H,1H2,(H,16,17)(H,18,19)(H,20,21)(H,22,23). The lowest BCUT2D eigenvalue weighted by Crippen LogP contribution is -2.53. The summed E-state index contributed by atoms with van der Waals surface area (Å²) in [4.78, 5) is 45.5. The van der Waals surface area contributed by atoms with Crippen molar-refractivity contribution >= 4 is 23.9 Å². The van der Waals surface area contributed by atoms with Crippen molar-refractivity contribution in [2.75, 3.05) is 0 Å². The Morgan fingerprint density at radius 2 is 0.783 bits per heavy atom. The van der Waals surface area contributed by atoms with Gasteiger partial charge in [-0.3, -0.25) is 0 Å². The van der Waals surface area contributed by atoms with Crippen molar-refractivity contribution < 1.29 is 39.6 Å². The van der Waals surface area contributed by atoms with Gasteiger partial charge in [0.1, 0.15) is 0 Å². The van der Waals surface area contributed by atoms with E-state index in [4.69, 9.17) is 0 Å². The molecule has 120 valence electrons. The van der Waals surface area contributed by atoms with Gasteiger partial charge < -0.3 is 20.4 Å². The Kier molecular flexibility index (Phi) is 2.44. The van der Waals surface area contributed by atoms with Gasteiger partial charge in [0.25, 0.3) is 0 Å². The number of carbonyl (C=O) groups is 4. The highest BCUT2D eigenvalue weighted by molar-refractivity contribution is 6.06. The number of fused-ring (bicyclic) bond motifs is 8. The highest BCUT2D eigenvalue weighted by Crippen LogP contribution is 2.73. The minimum absolute atomic E-state index is 0.137. The molecule has 0 spiro atoms. The molecular weight excluding hydrogens is 308 g/mol. The molecule has 2 saturated carbocycles. The molecule has 2 fully saturated rings. The topological polar surface area (TPSA) is 149 Å². The van der Waals surface area contributed by atoms with Crippen molar-refractivity contribution in [3.8, 4) is 0 Å². The van der Waals surface area contributed by atoms with E-state index in [0.717, 1.165) is 0 Å². The zero-order valence-corrected chi connectivity index (χ0v) is 11.6. The van der Waals surface area contributed by atoms with Crippen molar-refractivity contribution in [3.63, 3.8) is 0 Å². The molecule has 0 saturated heterocycles. The van der Waals surface area contributed by atoms with Crippen LogP contribution in [-0.2, 0) is 19.2 Å². The van der Waals surface area contributed by atoms with E-state index in [-0.39, 0.29) is 34.1 Å². The SMILES string of the molecule is O=C(O)C1=C(C(=O)O)C2C3CC(C12)C1C(C(=O)O)=C(C(=O)O)C31. The van der Waals surface area contributed by atoms with E-state index >= 15 is 0 Å². The predicted octanol–water partition coefficient (Wildman–Crippen LogP) is 0.0597. The van der Waals surface area contributed by atoms with Crippen molar-refractivity contribution in [1.82, 2.24) is 0 Å².